The van der Waals surface area contributed by atoms with Gasteiger partial charge in [0.2, 0.25) is 6.29 Å². The van der Waals surface area contributed by atoms with E-state index in [2.05, 4.69) is 25.1 Å². The molecule has 2 aliphatic carbocycles. The van der Waals surface area contributed by atoms with Crippen molar-refractivity contribution in [1.82, 2.24) is 0 Å². The van der Waals surface area contributed by atoms with E-state index in [4.69, 9.17) is 9.47 Å². The van der Waals surface area contributed by atoms with E-state index in [-0.39, 0.29) is 18.0 Å². The quantitative estimate of drug-likeness (QED) is 0.741. The van der Waals surface area contributed by atoms with E-state index in [1.165, 1.54) is 5.56 Å². The summed E-state index contributed by atoms with van der Waals surface area (Å²) in [5.74, 6) is -0.0115. The largest absolute Gasteiger partial charge is 0.432 e. The van der Waals surface area contributed by atoms with Gasteiger partial charge >= 0.3 is 5.97 Å². The zero-order valence-corrected chi connectivity index (χ0v) is 14.6. The van der Waals surface area contributed by atoms with Crippen LogP contribution in [0.5, 0.6) is 0 Å². The van der Waals surface area contributed by atoms with Crippen molar-refractivity contribution in [2.75, 3.05) is 0 Å². The first-order valence-electron chi connectivity index (χ1n) is 9.26. The molecule has 0 radical (unpaired) electrons. The van der Waals surface area contributed by atoms with Crippen molar-refractivity contribution in [3.63, 3.8) is 0 Å². The predicted molar refractivity (Wildman–Crippen MR) is 97.7 cm³/mol. The lowest BCUT2D eigenvalue weighted by Gasteiger charge is -2.29. The standard InChI is InChI=1S/C22H24O3/c1-15-8-2-7-13-20(24-15)25-22(23)21-18-11-5-3-9-16(18)14-17-10-4-6-12-19(17)21/h3-6,9-12,15-16,20H,2,7-8,13-14H2,1H3. The summed E-state index contributed by atoms with van der Waals surface area (Å²) in [5, 5.41) is 0. The zero-order valence-electron chi connectivity index (χ0n) is 14.6. The molecule has 0 amide bonds. The number of carbonyl (C=O) groups is 1. The van der Waals surface area contributed by atoms with Crippen LogP contribution in [-0.2, 0) is 20.7 Å². The summed E-state index contributed by atoms with van der Waals surface area (Å²) >= 11 is 0. The fourth-order valence-corrected chi connectivity index (χ4v) is 4.00. The van der Waals surface area contributed by atoms with E-state index >= 15 is 0 Å². The molecule has 0 spiro atoms. The predicted octanol–water partition coefficient (Wildman–Crippen LogP) is 4.59. The van der Waals surface area contributed by atoms with Crippen LogP contribution in [-0.4, -0.2) is 18.4 Å². The van der Waals surface area contributed by atoms with E-state index in [9.17, 15) is 4.79 Å². The van der Waals surface area contributed by atoms with Crippen molar-refractivity contribution in [2.24, 2.45) is 5.92 Å². The number of esters is 1. The van der Waals surface area contributed by atoms with Crippen LogP contribution in [0.2, 0.25) is 0 Å². The molecule has 0 saturated carbocycles. The number of ether oxygens (including phenoxy) is 2. The fourth-order valence-electron chi connectivity index (χ4n) is 4.00. The highest BCUT2D eigenvalue weighted by molar-refractivity contribution is 6.19. The minimum atomic E-state index is -0.436. The zero-order chi connectivity index (χ0) is 17.2. The molecule has 1 aromatic carbocycles. The molecule has 1 heterocycles. The Hall–Kier alpha value is -2.13. The maximum absolute atomic E-state index is 13.1. The summed E-state index contributed by atoms with van der Waals surface area (Å²) in [6.07, 6.45) is 12.9. The van der Waals surface area contributed by atoms with Gasteiger partial charge in [-0.1, -0.05) is 55.0 Å². The number of benzene rings is 1. The lowest BCUT2D eigenvalue weighted by molar-refractivity contribution is -0.180. The third-order valence-corrected chi connectivity index (χ3v) is 5.27. The second kappa shape index (κ2) is 7.01. The molecule has 0 aromatic heterocycles. The minimum absolute atomic E-state index is 0.141. The molecule has 25 heavy (non-hydrogen) atoms. The number of allylic oxidation sites excluding steroid dienone is 5. The van der Waals surface area contributed by atoms with Crippen molar-refractivity contribution in [2.45, 2.75) is 51.4 Å². The summed E-state index contributed by atoms with van der Waals surface area (Å²) < 4.78 is 11.7. The Balaban J connectivity index is 1.66. The van der Waals surface area contributed by atoms with E-state index in [0.717, 1.165) is 43.2 Å². The van der Waals surface area contributed by atoms with Crippen LogP contribution in [0, 0.1) is 5.92 Å². The van der Waals surface area contributed by atoms with Crippen LogP contribution < -0.4 is 0 Å². The normalized spacial score (nSPS) is 28.1. The van der Waals surface area contributed by atoms with E-state index < -0.39 is 6.29 Å². The molecule has 0 N–H and O–H groups in total. The number of rotatable bonds is 2. The molecule has 3 unspecified atom stereocenters. The number of carbonyl (C=O) groups excluding carboxylic acids is 1. The van der Waals surface area contributed by atoms with Gasteiger partial charge in [-0.05, 0) is 42.9 Å². The van der Waals surface area contributed by atoms with Crippen LogP contribution in [0.25, 0.3) is 5.57 Å². The Morgan fingerprint density at radius 2 is 2.00 bits per heavy atom. The van der Waals surface area contributed by atoms with Crippen molar-refractivity contribution >= 4 is 11.5 Å². The van der Waals surface area contributed by atoms with Gasteiger partial charge < -0.3 is 9.47 Å². The average Bonchev–Trinajstić information content (AvgIpc) is 2.83. The first-order valence-corrected chi connectivity index (χ1v) is 9.26. The monoisotopic (exact) mass is 336 g/mol. The molecule has 3 nitrogen and oxygen atoms in total. The SMILES string of the molecule is CC1CCCCC(OC(=O)C2=C3C=CC=CC3Cc3ccccc32)O1. The topological polar surface area (TPSA) is 35.5 Å². The van der Waals surface area contributed by atoms with Crippen LogP contribution >= 0.6 is 0 Å². The van der Waals surface area contributed by atoms with E-state index in [1.807, 2.05) is 30.4 Å². The number of fused-ring (bicyclic) bond motifs is 2. The summed E-state index contributed by atoms with van der Waals surface area (Å²) in [4.78, 5) is 13.1. The maximum Gasteiger partial charge on any atom is 0.341 e. The second-order valence-electron chi connectivity index (χ2n) is 7.11. The second-order valence-corrected chi connectivity index (χ2v) is 7.11. The van der Waals surface area contributed by atoms with Gasteiger partial charge in [-0.3, -0.25) is 0 Å². The van der Waals surface area contributed by atoms with Crippen LogP contribution in [0.3, 0.4) is 0 Å². The molecule has 1 saturated heterocycles. The van der Waals surface area contributed by atoms with Gasteiger partial charge in [0.15, 0.2) is 0 Å². The number of hydrogen-bond acceptors (Lipinski definition) is 3. The van der Waals surface area contributed by atoms with Gasteiger partial charge in [0, 0.05) is 12.3 Å². The minimum Gasteiger partial charge on any atom is -0.432 e. The fraction of sp³-hybridized carbons (Fsp3) is 0.409. The highest BCUT2D eigenvalue weighted by Crippen LogP contribution is 2.38. The van der Waals surface area contributed by atoms with Gasteiger partial charge in [-0.25, -0.2) is 4.79 Å². The molecular weight excluding hydrogens is 312 g/mol. The van der Waals surface area contributed by atoms with Gasteiger partial charge in [0.05, 0.1) is 11.7 Å². The third-order valence-electron chi connectivity index (χ3n) is 5.27. The number of hydrogen-bond donors (Lipinski definition) is 0. The maximum atomic E-state index is 13.1. The Morgan fingerprint density at radius 3 is 2.92 bits per heavy atom. The van der Waals surface area contributed by atoms with Crippen LogP contribution in [0.15, 0.2) is 54.1 Å². The molecule has 1 aromatic rings. The molecular formula is C22H24O3. The molecule has 1 fully saturated rings. The van der Waals surface area contributed by atoms with Gasteiger partial charge in [-0.15, -0.1) is 0 Å². The first-order chi connectivity index (χ1) is 12.2. The molecule has 3 atom stereocenters. The van der Waals surface area contributed by atoms with Crippen molar-refractivity contribution in [3.05, 3.63) is 65.3 Å². The lowest BCUT2D eigenvalue weighted by Crippen LogP contribution is -2.27. The van der Waals surface area contributed by atoms with Gasteiger partial charge in [0.25, 0.3) is 0 Å². The highest BCUT2D eigenvalue weighted by atomic mass is 16.7. The molecule has 1 aliphatic heterocycles. The average molecular weight is 336 g/mol. The van der Waals surface area contributed by atoms with E-state index in [1.54, 1.807) is 0 Å². The summed E-state index contributed by atoms with van der Waals surface area (Å²) in [6.45, 7) is 2.05. The third kappa shape index (κ3) is 3.34. The van der Waals surface area contributed by atoms with Crippen LogP contribution in [0.4, 0.5) is 0 Å². The van der Waals surface area contributed by atoms with Crippen LogP contribution in [0.1, 0.15) is 43.7 Å². The summed E-state index contributed by atoms with van der Waals surface area (Å²) in [5.41, 5.74) is 3.97. The summed E-state index contributed by atoms with van der Waals surface area (Å²) in [6, 6.07) is 8.15. The Morgan fingerprint density at radius 1 is 1.16 bits per heavy atom. The molecule has 0 bridgehead atoms. The molecule has 3 aliphatic rings. The molecule has 3 heteroatoms. The molecule has 4 rings (SSSR count). The van der Waals surface area contributed by atoms with E-state index in [0.29, 0.717) is 5.57 Å². The summed E-state index contributed by atoms with van der Waals surface area (Å²) in [7, 11) is 0. The lowest BCUT2D eigenvalue weighted by atomic mass is 9.77. The van der Waals surface area contributed by atoms with Crippen molar-refractivity contribution < 1.29 is 14.3 Å². The van der Waals surface area contributed by atoms with Crippen molar-refractivity contribution in [1.29, 1.82) is 0 Å². The highest BCUT2D eigenvalue weighted by Gasteiger charge is 2.31. The van der Waals surface area contributed by atoms with Crippen molar-refractivity contribution in [3.8, 4) is 0 Å². The smallest absolute Gasteiger partial charge is 0.341 e. The van der Waals surface area contributed by atoms with Gasteiger partial charge in [-0.2, -0.15) is 0 Å². The van der Waals surface area contributed by atoms with Gasteiger partial charge in [0.1, 0.15) is 0 Å². The first kappa shape index (κ1) is 16.3. The molecule has 130 valence electrons. The Kier molecular flexibility index (Phi) is 4.58. The Bertz CT molecular complexity index is 756. The Labute approximate surface area is 149 Å².